The van der Waals surface area contributed by atoms with Crippen LogP contribution in [-0.2, 0) is 0 Å². The van der Waals surface area contributed by atoms with Gasteiger partial charge in [-0.1, -0.05) is 47.5 Å². The van der Waals surface area contributed by atoms with Crippen LogP contribution in [0.5, 0.6) is 0 Å². The van der Waals surface area contributed by atoms with Crippen molar-refractivity contribution in [2.24, 2.45) is 0 Å². The molecule has 1 aliphatic rings. The van der Waals surface area contributed by atoms with E-state index in [1.807, 2.05) is 50.2 Å². The van der Waals surface area contributed by atoms with Crippen molar-refractivity contribution in [1.29, 1.82) is 0 Å². The van der Waals surface area contributed by atoms with E-state index < -0.39 is 24.2 Å². The Labute approximate surface area is 171 Å². The zero-order chi connectivity index (χ0) is 21.5. The van der Waals surface area contributed by atoms with Crippen LogP contribution in [0.4, 0.5) is 24.7 Å². The molecule has 4 rings (SSSR count). The first-order chi connectivity index (χ1) is 14.2. The van der Waals surface area contributed by atoms with Crippen LogP contribution in [-0.4, -0.2) is 21.9 Å². The van der Waals surface area contributed by atoms with Crippen molar-refractivity contribution in [1.82, 2.24) is 9.78 Å². The Morgan fingerprint density at radius 1 is 1.07 bits per heavy atom. The summed E-state index contributed by atoms with van der Waals surface area (Å²) >= 11 is 0. The third-order valence-corrected chi connectivity index (χ3v) is 5.21. The summed E-state index contributed by atoms with van der Waals surface area (Å²) in [5, 5.41) is 9.75. The maximum atomic E-state index is 13.8. The standard InChI is InChI=1S/C22H21F3N4O/c1-13-3-7-15(8-4-13)17-11-19(22(23,24)25)29-20(27-17)12-18(28-29)21(30)26-16-9-5-14(2)6-10-16/h3-10,12,17,19,27H,11H2,1-2H3,(H,26,30)/t17-,19+/m1/s1. The van der Waals surface area contributed by atoms with Gasteiger partial charge < -0.3 is 10.6 Å². The van der Waals surface area contributed by atoms with E-state index in [1.54, 1.807) is 12.1 Å². The van der Waals surface area contributed by atoms with E-state index in [9.17, 15) is 18.0 Å². The van der Waals surface area contributed by atoms with Crippen LogP contribution in [0.3, 0.4) is 0 Å². The molecule has 3 aromatic rings. The first kappa shape index (κ1) is 20.0. The van der Waals surface area contributed by atoms with Crippen LogP contribution >= 0.6 is 0 Å². The topological polar surface area (TPSA) is 59.0 Å². The molecular weight excluding hydrogens is 393 g/mol. The smallest absolute Gasteiger partial charge is 0.363 e. The Bertz CT molecular complexity index is 1060. The maximum Gasteiger partial charge on any atom is 0.410 e. The highest BCUT2D eigenvalue weighted by molar-refractivity contribution is 6.03. The van der Waals surface area contributed by atoms with Crippen molar-refractivity contribution < 1.29 is 18.0 Å². The lowest BCUT2D eigenvalue weighted by atomic mass is 9.96. The molecule has 0 saturated heterocycles. The van der Waals surface area contributed by atoms with E-state index in [-0.39, 0.29) is 17.9 Å². The second-order valence-electron chi connectivity index (χ2n) is 7.58. The van der Waals surface area contributed by atoms with Crippen molar-refractivity contribution in [3.63, 3.8) is 0 Å². The Balaban J connectivity index is 1.63. The number of anilines is 2. The second-order valence-corrected chi connectivity index (χ2v) is 7.58. The van der Waals surface area contributed by atoms with Gasteiger partial charge in [-0.25, -0.2) is 4.68 Å². The Hall–Kier alpha value is -3.29. The molecule has 0 aliphatic carbocycles. The molecule has 5 nitrogen and oxygen atoms in total. The summed E-state index contributed by atoms with van der Waals surface area (Å²) in [4.78, 5) is 12.6. The fourth-order valence-corrected chi connectivity index (χ4v) is 3.53. The highest BCUT2D eigenvalue weighted by Crippen LogP contribution is 2.43. The number of fused-ring (bicyclic) bond motifs is 1. The van der Waals surface area contributed by atoms with E-state index in [0.717, 1.165) is 21.4 Å². The predicted octanol–water partition coefficient (Wildman–Crippen LogP) is 5.41. The van der Waals surface area contributed by atoms with Gasteiger partial charge in [-0.05, 0) is 31.5 Å². The fourth-order valence-electron chi connectivity index (χ4n) is 3.53. The van der Waals surface area contributed by atoms with E-state index in [4.69, 9.17) is 0 Å². The first-order valence-electron chi connectivity index (χ1n) is 9.58. The normalized spacial score (nSPS) is 18.4. The van der Waals surface area contributed by atoms with E-state index in [2.05, 4.69) is 15.7 Å². The Kier molecular flexibility index (Phi) is 5.01. The van der Waals surface area contributed by atoms with Crippen LogP contribution in [0, 0.1) is 13.8 Å². The Morgan fingerprint density at radius 2 is 1.67 bits per heavy atom. The van der Waals surface area contributed by atoms with Gasteiger partial charge in [0.2, 0.25) is 0 Å². The number of alkyl halides is 3. The summed E-state index contributed by atoms with van der Waals surface area (Å²) in [6.45, 7) is 3.84. The molecule has 0 bridgehead atoms. The fraction of sp³-hybridized carbons (Fsp3) is 0.273. The molecule has 0 radical (unpaired) electrons. The summed E-state index contributed by atoms with van der Waals surface area (Å²) in [7, 11) is 0. The first-order valence-corrected chi connectivity index (χ1v) is 9.58. The molecule has 0 saturated carbocycles. The lowest BCUT2D eigenvalue weighted by Crippen LogP contribution is -2.35. The zero-order valence-corrected chi connectivity index (χ0v) is 16.5. The highest BCUT2D eigenvalue weighted by atomic mass is 19.4. The molecule has 1 aromatic heterocycles. The number of hydrogen-bond donors (Lipinski definition) is 2. The number of amides is 1. The lowest BCUT2D eigenvalue weighted by molar-refractivity contribution is -0.173. The summed E-state index contributed by atoms with van der Waals surface area (Å²) in [5.41, 5.74) is 3.30. The molecule has 8 heteroatoms. The summed E-state index contributed by atoms with van der Waals surface area (Å²) < 4.78 is 42.2. The van der Waals surface area contributed by atoms with Crippen molar-refractivity contribution in [2.75, 3.05) is 10.6 Å². The zero-order valence-electron chi connectivity index (χ0n) is 16.5. The minimum Gasteiger partial charge on any atom is -0.363 e. The minimum atomic E-state index is -4.49. The number of rotatable bonds is 3. The molecule has 0 unspecified atom stereocenters. The number of halogens is 3. The van der Waals surface area contributed by atoms with Crippen molar-refractivity contribution in [3.05, 3.63) is 77.0 Å². The number of carbonyl (C=O) groups excluding carboxylic acids is 1. The molecule has 30 heavy (non-hydrogen) atoms. The monoisotopic (exact) mass is 414 g/mol. The predicted molar refractivity (Wildman–Crippen MR) is 109 cm³/mol. The number of nitrogens with zero attached hydrogens (tertiary/aromatic N) is 2. The van der Waals surface area contributed by atoms with Gasteiger partial charge in [0.05, 0.1) is 6.04 Å². The van der Waals surface area contributed by atoms with Gasteiger partial charge in [0.1, 0.15) is 5.82 Å². The van der Waals surface area contributed by atoms with Crippen LogP contribution in [0.1, 0.15) is 45.7 Å². The molecule has 2 aromatic carbocycles. The molecule has 1 amide bonds. The molecule has 0 spiro atoms. The quantitative estimate of drug-likeness (QED) is 0.602. The van der Waals surface area contributed by atoms with E-state index in [0.29, 0.717) is 5.69 Å². The largest absolute Gasteiger partial charge is 0.410 e. The average Bonchev–Trinajstić information content (AvgIpc) is 3.13. The van der Waals surface area contributed by atoms with Crippen molar-refractivity contribution >= 4 is 17.4 Å². The molecule has 156 valence electrons. The third-order valence-electron chi connectivity index (χ3n) is 5.21. The van der Waals surface area contributed by atoms with Crippen molar-refractivity contribution in [3.8, 4) is 0 Å². The number of benzene rings is 2. The second kappa shape index (κ2) is 7.51. The molecule has 2 heterocycles. The third kappa shape index (κ3) is 4.03. The Morgan fingerprint density at radius 3 is 2.27 bits per heavy atom. The van der Waals surface area contributed by atoms with Gasteiger partial charge in [-0.3, -0.25) is 4.79 Å². The van der Waals surface area contributed by atoms with Crippen LogP contribution in [0.15, 0.2) is 54.6 Å². The van der Waals surface area contributed by atoms with Gasteiger partial charge in [0.15, 0.2) is 11.7 Å². The van der Waals surface area contributed by atoms with Gasteiger partial charge in [0.25, 0.3) is 5.91 Å². The van der Waals surface area contributed by atoms with Gasteiger partial charge >= 0.3 is 6.18 Å². The number of aryl methyl sites for hydroxylation is 2. The molecule has 2 atom stereocenters. The molecule has 0 fully saturated rings. The highest BCUT2D eigenvalue weighted by Gasteiger charge is 2.46. The van der Waals surface area contributed by atoms with Crippen LogP contribution in [0.2, 0.25) is 0 Å². The van der Waals surface area contributed by atoms with E-state index in [1.165, 1.54) is 6.07 Å². The van der Waals surface area contributed by atoms with Crippen LogP contribution in [0.25, 0.3) is 0 Å². The summed E-state index contributed by atoms with van der Waals surface area (Å²) in [6.07, 6.45) is -4.70. The van der Waals surface area contributed by atoms with Crippen LogP contribution < -0.4 is 10.6 Å². The molecular formula is C22H21F3N4O. The van der Waals surface area contributed by atoms with Gasteiger partial charge in [-0.15, -0.1) is 0 Å². The number of carbonyl (C=O) groups is 1. The molecule has 2 N–H and O–H groups in total. The van der Waals surface area contributed by atoms with Crippen molar-refractivity contribution in [2.45, 2.75) is 38.5 Å². The SMILES string of the molecule is Cc1ccc(NC(=O)c2cc3n(n2)[C@H](C(F)(F)F)C[C@H](c2ccc(C)cc2)N3)cc1. The lowest BCUT2D eigenvalue weighted by Gasteiger charge is -2.33. The van der Waals surface area contributed by atoms with E-state index >= 15 is 0 Å². The maximum absolute atomic E-state index is 13.8. The summed E-state index contributed by atoms with van der Waals surface area (Å²) in [5.74, 6) is -0.390. The molecule has 1 aliphatic heterocycles. The number of nitrogens with one attached hydrogen (secondary N) is 2. The number of hydrogen-bond acceptors (Lipinski definition) is 3. The number of aromatic nitrogens is 2. The van der Waals surface area contributed by atoms with Gasteiger partial charge in [0, 0.05) is 18.2 Å². The summed E-state index contributed by atoms with van der Waals surface area (Å²) in [6, 6.07) is 13.5. The minimum absolute atomic E-state index is 0.0723. The van der Waals surface area contributed by atoms with Gasteiger partial charge in [-0.2, -0.15) is 18.3 Å². The average molecular weight is 414 g/mol.